The number of hydrogen-bond donors (Lipinski definition) is 2. The minimum Gasteiger partial charge on any atom is -0.367 e. The highest BCUT2D eigenvalue weighted by Gasteiger charge is 1.90. The molecule has 0 saturated carbocycles. The lowest BCUT2D eigenvalue weighted by Crippen LogP contribution is -2.15. The third kappa shape index (κ3) is 3.34. The Hall–Kier alpha value is -0.610. The zero-order valence-corrected chi connectivity index (χ0v) is 7.53. The lowest BCUT2D eigenvalue weighted by molar-refractivity contribution is 0.930. The normalized spacial score (nSPS) is 9.18. The predicted molar refractivity (Wildman–Crippen MR) is 52.7 cm³/mol. The van der Waals surface area contributed by atoms with Crippen molar-refractivity contribution in [1.82, 2.24) is 10.3 Å². The number of pyridine rings is 1. The molecule has 0 spiro atoms. The molecule has 0 aliphatic carbocycles. The Labute approximate surface area is 76.4 Å². The molecule has 11 heavy (non-hydrogen) atoms. The van der Waals surface area contributed by atoms with Crippen molar-refractivity contribution in [1.29, 1.82) is 0 Å². The monoisotopic (exact) mass is 184 g/mol. The average Bonchev–Trinajstić information content (AvgIpc) is 2.03. The molecule has 1 rings (SSSR count). The highest BCUT2D eigenvalue weighted by atomic mass is 32.1. The summed E-state index contributed by atoms with van der Waals surface area (Å²) >= 11 is 8.66. The smallest absolute Gasteiger partial charge is 0.130 e. The molecule has 0 atom stereocenters. The molecule has 2 nitrogen and oxygen atoms in total. The molecular formula is C7H8N2S2. The molecule has 58 valence electrons. The summed E-state index contributed by atoms with van der Waals surface area (Å²) in [6.07, 6.45) is 3.53. The van der Waals surface area contributed by atoms with Crippen molar-refractivity contribution in [2.75, 3.05) is 0 Å². The van der Waals surface area contributed by atoms with Crippen LogP contribution in [0.1, 0.15) is 5.56 Å². The molecule has 1 aromatic rings. The fourth-order valence-electron chi connectivity index (χ4n) is 0.680. The maximum atomic E-state index is 4.73. The standard InChI is InChI=1S/C7H8N2S2/c10-7(11)9-5-6-2-1-3-8-4-6/h1-4H,5H2,(H2,9,10,11). The van der Waals surface area contributed by atoms with Crippen LogP contribution in [0, 0.1) is 0 Å². The Morgan fingerprint density at radius 1 is 1.73 bits per heavy atom. The molecule has 0 radical (unpaired) electrons. The minimum atomic E-state index is 0.508. The number of thiocarbonyl (C=S) groups is 1. The Balaban J connectivity index is 2.45. The molecule has 1 aromatic heterocycles. The third-order valence-corrected chi connectivity index (χ3v) is 1.47. The maximum absolute atomic E-state index is 4.73. The molecule has 0 aliphatic rings. The van der Waals surface area contributed by atoms with Gasteiger partial charge in [-0.05, 0) is 11.6 Å². The van der Waals surface area contributed by atoms with Crippen molar-refractivity contribution in [2.24, 2.45) is 0 Å². The fraction of sp³-hybridized carbons (Fsp3) is 0.143. The highest BCUT2D eigenvalue weighted by molar-refractivity contribution is 8.11. The van der Waals surface area contributed by atoms with Gasteiger partial charge in [0.1, 0.15) is 4.32 Å². The second-order valence-corrected chi connectivity index (χ2v) is 3.18. The first-order valence-corrected chi connectivity index (χ1v) is 4.00. The van der Waals surface area contributed by atoms with Gasteiger partial charge in [-0.2, -0.15) is 0 Å². The quantitative estimate of drug-likeness (QED) is 0.536. The predicted octanol–water partition coefficient (Wildman–Crippen LogP) is 1.39. The van der Waals surface area contributed by atoms with Crippen LogP contribution in [0.25, 0.3) is 0 Å². The van der Waals surface area contributed by atoms with Gasteiger partial charge in [0.15, 0.2) is 0 Å². The fourth-order valence-corrected chi connectivity index (χ4v) is 0.832. The molecule has 0 bridgehead atoms. The Bertz CT molecular complexity index is 235. The number of nitrogens with zero attached hydrogens (tertiary/aromatic N) is 1. The van der Waals surface area contributed by atoms with Gasteiger partial charge < -0.3 is 5.32 Å². The van der Waals surface area contributed by atoms with Crippen LogP contribution in [-0.2, 0) is 6.54 Å². The molecule has 0 aromatic carbocycles. The van der Waals surface area contributed by atoms with Crippen LogP contribution in [-0.4, -0.2) is 9.30 Å². The van der Waals surface area contributed by atoms with E-state index in [1.807, 2.05) is 12.1 Å². The van der Waals surface area contributed by atoms with Gasteiger partial charge >= 0.3 is 0 Å². The lowest BCUT2D eigenvalue weighted by atomic mass is 10.3. The van der Waals surface area contributed by atoms with E-state index in [0.29, 0.717) is 10.9 Å². The Morgan fingerprint density at radius 2 is 2.55 bits per heavy atom. The van der Waals surface area contributed by atoms with Crippen LogP contribution in [0.3, 0.4) is 0 Å². The van der Waals surface area contributed by atoms with Gasteiger partial charge in [0.05, 0.1) is 0 Å². The summed E-state index contributed by atoms with van der Waals surface area (Å²) < 4.78 is 0.508. The maximum Gasteiger partial charge on any atom is 0.130 e. The molecule has 0 saturated heterocycles. The van der Waals surface area contributed by atoms with Gasteiger partial charge in [0.25, 0.3) is 0 Å². The topological polar surface area (TPSA) is 24.9 Å². The summed E-state index contributed by atoms with van der Waals surface area (Å²) in [4.78, 5) is 3.95. The Kier molecular flexibility index (Phi) is 3.32. The van der Waals surface area contributed by atoms with Gasteiger partial charge in [-0.3, -0.25) is 4.98 Å². The SMILES string of the molecule is S=C(S)NCc1cccnc1. The number of aromatic nitrogens is 1. The van der Waals surface area contributed by atoms with E-state index in [-0.39, 0.29) is 0 Å². The molecule has 0 fully saturated rings. The molecular weight excluding hydrogens is 176 g/mol. The summed E-state index contributed by atoms with van der Waals surface area (Å²) in [6, 6.07) is 3.87. The van der Waals surface area contributed by atoms with Gasteiger partial charge in [-0.1, -0.05) is 18.3 Å². The average molecular weight is 184 g/mol. The molecule has 0 aliphatic heterocycles. The van der Waals surface area contributed by atoms with E-state index in [9.17, 15) is 0 Å². The molecule has 0 unspecified atom stereocenters. The van der Waals surface area contributed by atoms with Crippen LogP contribution in [0.5, 0.6) is 0 Å². The summed E-state index contributed by atoms with van der Waals surface area (Å²) in [7, 11) is 0. The lowest BCUT2D eigenvalue weighted by Gasteiger charge is -2.01. The third-order valence-electron chi connectivity index (χ3n) is 1.17. The zero-order chi connectivity index (χ0) is 8.10. The summed E-state index contributed by atoms with van der Waals surface area (Å²) in [6.45, 7) is 0.691. The van der Waals surface area contributed by atoms with Gasteiger partial charge in [-0.15, -0.1) is 12.6 Å². The molecule has 0 amide bonds. The second kappa shape index (κ2) is 4.31. The summed E-state index contributed by atoms with van der Waals surface area (Å²) in [5.41, 5.74) is 1.10. The minimum absolute atomic E-state index is 0.508. The van der Waals surface area contributed by atoms with Gasteiger partial charge in [0.2, 0.25) is 0 Å². The van der Waals surface area contributed by atoms with E-state index in [0.717, 1.165) is 5.56 Å². The van der Waals surface area contributed by atoms with Crippen LogP contribution in [0.4, 0.5) is 0 Å². The number of hydrogen-bond acceptors (Lipinski definition) is 2. The van der Waals surface area contributed by atoms with Crippen LogP contribution in [0.15, 0.2) is 24.5 Å². The van der Waals surface area contributed by atoms with Crippen LogP contribution in [0.2, 0.25) is 0 Å². The van der Waals surface area contributed by atoms with E-state index in [4.69, 9.17) is 12.2 Å². The van der Waals surface area contributed by atoms with Crippen molar-refractivity contribution < 1.29 is 0 Å². The van der Waals surface area contributed by atoms with Gasteiger partial charge in [-0.25, -0.2) is 0 Å². The van der Waals surface area contributed by atoms with Crippen molar-refractivity contribution in [3.05, 3.63) is 30.1 Å². The van der Waals surface area contributed by atoms with Gasteiger partial charge in [0, 0.05) is 18.9 Å². The van der Waals surface area contributed by atoms with Crippen molar-refractivity contribution >= 4 is 29.2 Å². The van der Waals surface area contributed by atoms with Crippen LogP contribution >= 0.6 is 24.8 Å². The van der Waals surface area contributed by atoms with Crippen molar-refractivity contribution in [2.45, 2.75) is 6.54 Å². The largest absolute Gasteiger partial charge is 0.367 e. The first kappa shape index (κ1) is 8.49. The van der Waals surface area contributed by atoms with E-state index in [1.54, 1.807) is 12.4 Å². The first-order chi connectivity index (χ1) is 5.29. The second-order valence-electron chi connectivity index (χ2n) is 2.02. The van der Waals surface area contributed by atoms with Crippen LogP contribution < -0.4 is 5.32 Å². The number of rotatable bonds is 2. The first-order valence-electron chi connectivity index (χ1n) is 3.15. The van der Waals surface area contributed by atoms with E-state index < -0.39 is 0 Å². The van der Waals surface area contributed by atoms with Crippen molar-refractivity contribution in [3.63, 3.8) is 0 Å². The van der Waals surface area contributed by atoms with Crippen molar-refractivity contribution in [3.8, 4) is 0 Å². The van der Waals surface area contributed by atoms with E-state index in [2.05, 4.69) is 22.9 Å². The molecule has 4 heteroatoms. The molecule has 1 heterocycles. The zero-order valence-electron chi connectivity index (χ0n) is 5.82. The number of thiol groups is 1. The van der Waals surface area contributed by atoms with E-state index >= 15 is 0 Å². The number of nitrogens with one attached hydrogen (secondary N) is 1. The summed E-state index contributed by atoms with van der Waals surface area (Å²) in [5.74, 6) is 0. The Morgan fingerprint density at radius 3 is 3.09 bits per heavy atom. The highest BCUT2D eigenvalue weighted by Crippen LogP contribution is 1.94. The summed E-state index contributed by atoms with van der Waals surface area (Å²) in [5, 5.41) is 2.92. The molecule has 1 N–H and O–H groups in total. The van der Waals surface area contributed by atoms with E-state index in [1.165, 1.54) is 0 Å².